The first-order chi connectivity index (χ1) is 7.36. The van der Waals surface area contributed by atoms with Crippen LogP contribution in [-0.2, 0) is 0 Å². The van der Waals surface area contributed by atoms with Gasteiger partial charge in [0.25, 0.3) is 0 Å². The molecule has 0 unspecified atom stereocenters. The van der Waals surface area contributed by atoms with Gasteiger partial charge < -0.3 is 9.32 Å². The van der Waals surface area contributed by atoms with Crippen molar-refractivity contribution in [2.24, 2.45) is 0 Å². The van der Waals surface area contributed by atoms with E-state index in [9.17, 15) is 4.79 Å². The van der Waals surface area contributed by atoms with Crippen molar-refractivity contribution in [3.8, 4) is 0 Å². The molecule has 1 aliphatic rings. The summed E-state index contributed by atoms with van der Waals surface area (Å²) < 4.78 is 5.07. The molecule has 1 aliphatic heterocycles. The number of Topliss-reactive ketones (excluding diaryl/α,β-unsaturated/α-hetero) is 1. The van der Waals surface area contributed by atoms with E-state index in [4.69, 9.17) is 4.42 Å². The summed E-state index contributed by atoms with van der Waals surface area (Å²) in [5.74, 6) is 0.609. The quantitative estimate of drug-likeness (QED) is 0.710. The Balaban J connectivity index is 1.75. The highest BCUT2D eigenvalue weighted by atomic mass is 16.3. The molecule has 3 heteroatoms. The summed E-state index contributed by atoms with van der Waals surface area (Å²) in [6, 6.07) is 3.49. The van der Waals surface area contributed by atoms with Gasteiger partial charge in [0.15, 0.2) is 11.5 Å². The zero-order valence-corrected chi connectivity index (χ0v) is 8.95. The molecule has 2 rings (SSSR count). The van der Waals surface area contributed by atoms with Crippen molar-refractivity contribution in [3.63, 3.8) is 0 Å². The van der Waals surface area contributed by atoms with Crippen LogP contribution in [-0.4, -0.2) is 30.3 Å². The molecule has 0 aromatic carbocycles. The van der Waals surface area contributed by atoms with Gasteiger partial charge in [0, 0.05) is 13.0 Å². The zero-order valence-electron chi connectivity index (χ0n) is 8.95. The van der Waals surface area contributed by atoms with Gasteiger partial charge in [0.05, 0.1) is 6.26 Å². The van der Waals surface area contributed by atoms with Crippen LogP contribution in [0.2, 0.25) is 0 Å². The Morgan fingerprint density at radius 2 is 2.13 bits per heavy atom. The SMILES string of the molecule is O=C(CCN1CCCCC1)c1ccco1. The first kappa shape index (κ1) is 10.4. The first-order valence-corrected chi connectivity index (χ1v) is 5.65. The highest BCUT2D eigenvalue weighted by Crippen LogP contribution is 2.10. The smallest absolute Gasteiger partial charge is 0.199 e. The van der Waals surface area contributed by atoms with Crippen LogP contribution in [0.25, 0.3) is 0 Å². The molecular formula is C12H17NO2. The molecule has 0 aliphatic carbocycles. The van der Waals surface area contributed by atoms with Crippen LogP contribution >= 0.6 is 0 Å². The second-order valence-corrected chi connectivity index (χ2v) is 4.05. The molecule has 0 bridgehead atoms. The largest absolute Gasteiger partial charge is 0.461 e. The molecule has 82 valence electrons. The second kappa shape index (κ2) is 5.12. The van der Waals surface area contributed by atoms with Crippen LogP contribution in [0.1, 0.15) is 36.2 Å². The number of carbonyl (C=O) groups is 1. The lowest BCUT2D eigenvalue weighted by atomic mass is 10.1. The normalized spacial score (nSPS) is 17.9. The van der Waals surface area contributed by atoms with Gasteiger partial charge in [-0.3, -0.25) is 4.79 Å². The van der Waals surface area contributed by atoms with Gasteiger partial charge in [0.1, 0.15) is 0 Å². The standard InChI is InChI=1S/C12H17NO2/c14-11(12-5-4-10-15-12)6-9-13-7-2-1-3-8-13/h4-5,10H,1-3,6-9H2. The van der Waals surface area contributed by atoms with Crippen molar-refractivity contribution in [1.29, 1.82) is 0 Å². The van der Waals surface area contributed by atoms with Crippen molar-refractivity contribution in [1.82, 2.24) is 4.90 Å². The van der Waals surface area contributed by atoms with Crippen molar-refractivity contribution in [2.45, 2.75) is 25.7 Å². The van der Waals surface area contributed by atoms with Gasteiger partial charge in [-0.15, -0.1) is 0 Å². The number of nitrogens with zero attached hydrogens (tertiary/aromatic N) is 1. The topological polar surface area (TPSA) is 33.5 Å². The molecular weight excluding hydrogens is 190 g/mol. The van der Waals surface area contributed by atoms with Crippen LogP contribution in [0.5, 0.6) is 0 Å². The number of furan rings is 1. The molecule has 0 atom stereocenters. The monoisotopic (exact) mass is 207 g/mol. The fourth-order valence-corrected chi connectivity index (χ4v) is 2.00. The third kappa shape index (κ3) is 2.93. The lowest BCUT2D eigenvalue weighted by Gasteiger charge is -2.25. The Labute approximate surface area is 90.1 Å². The van der Waals surface area contributed by atoms with E-state index in [1.54, 1.807) is 18.4 Å². The zero-order chi connectivity index (χ0) is 10.5. The second-order valence-electron chi connectivity index (χ2n) is 4.05. The lowest BCUT2D eigenvalue weighted by Crippen LogP contribution is -2.31. The van der Waals surface area contributed by atoms with E-state index >= 15 is 0 Å². The number of hydrogen-bond acceptors (Lipinski definition) is 3. The van der Waals surface area contributed by atoms with Crippen LogP contribution in [0.4, 0.5) is 0 Å². The molecule has 1 saturated heterocycles. The fraction of sp³-hybridized carbons (Fsp3) is 0.583. The molecule has 0 amide bonds. The highest BCUT2D eigenvalue weighted by Gasteiger charge is 2.13. The maximum Gasteiger partial charge on any atom is 0.199 e. The molecule has 3 nitrogen and oxygen atoms in total. The Bertz CT molecular complexity index is 299. The number of likely N-dealkylation sites (tertiary alicyclic amines) is 1. The van der Waals surface area contributed by atoms with Gasteiger partial charge in [0.2, 0.25) is 0 Å². The molecule has 0 N–H and O–H groups in total. The maximum absolute atomic E-state index is 11.6. The fourth-order valence-electron chi connectivity index (χ4n) is 2.00. The van der Waals surface area contributed by atoms with E-state index in [1.807, 2.05) is 0 Å². The summed E-state index contributed by atoms with van der Waals surface area (Å²) in [4.78, 5) is 14.0. The molecule has 0 saturated carbocycles. The Kier molecular flexibility index (Phi) is 3.56. The number of rotatable bonds is 4. The van der Waals surface area contributed by atoms with Gasteiger partial charge in [-0.2, -0.15) is 0 Å². The molecule has 2 heterocycles. The third-order valence-electron chi connectivity index (χ3n) is 2.90. The summed E-state index contributed by atoms with van der Waals surface area (Å²) in [6.45, 7) is 3.16. The van der Waals surface area contributed by atoms with Crippen molar-refractivity contribution >= 4 is 5.78 Å². The van der Waals surface area contributed by atoms with Crippen LogP contribution in [0.15, 0.2) is 22.8 Å². The van der Waals surface area contributed by atoms with Gasteiger partial charge in [-0.05, 0) is 38.1 Å². The van der Waals surface area contributed by atoms with Crippen LogP contribution in [0, 0.1) is 0 Å². The average molecular weight is 207 g/mol. The van der Waals surface area contributed by atoms with E-state index in [-0.39, 0.29) is 5.78 Å². The van der Waals surface area contributed by atoms with E-state index in [0.717, 1.165) is 19.6 Å². The summed E-state index contributed by atoms with van der Waals surface area (Å²) in [5.41, 5.74) is 0. The van der Waals surface area contributed by atoms with Crippen molar-refractivity contribution in [3.05, 3.63) is 24.2 Å². The molecule has 1 fully saturated rings. The summed E-state index contributed by atoms with van der Waals surface area (Å²) in [6.07, 6.45) is 6.01. The van der Waals surface area contributed by atoms with Crippen molar-refractivity contribution in [2.75, 3.05) is 19.6 Å². The van der Waals surface area contributed by atoms with Crippen LogP contribution in [0.3, 0.4) is 0 Å². The maximum atomic E-state index is 11.6. The minimum Gasteiger partial charge on any atom is -0.461 e. The van der Waals surface area contributed by atoms with Gasteiger partial charge >= 0.3 is 0 Å². The Morgan fingerprint density at radius 3 is 2.80 bits per heavy atom. The Hall–Kier alpha value is -1.09. The van der Waals surface area contributed by atoms with Crippen LogP contribution < -0.4 is 0 Å². The molecule has 0 radical (unpaired) electrons. The van der Waals surface area contributed by atoms with E-state index in [0.29, 0.717) is 12.2 Å². The summed E-state index contributed by atoms with van der Waals surface area (Å²) >= 11 is 0. The molecule has 1 aromatic rings. The van der Waals surface area contributed by atoms with Crippen molar-refractivity contribution < 1.29 is 9.21 Å². The minimum atomic E-state index is 0.116. The molecule has 15 heavy (non-hydrogen) atoms. The van der Waals surface area contributed by atoms with E-state index in [1.165, 1.54) is 19.3 Å². The predicted molar refractivity (Wildman–Crippen MR) is 57.9 cm³/mol. The lowest BCUT2D eigenvalue weighted by molar-refractivity contribution is 0.0932. The predicted octanol–water partition coefficient (Wildman–Crippen LogP) is 2.34. The number of ketones is 1. The molecule has 0 spiro atoms. The highest BCUT2D eigenvalue weighted by molar-refractivity contribution is 5.93. The summed E-state index contributed by atoms with van der Waals surface area (Å²) in [5, 5.41) is 0. The number of carbonyl (C=O) groups excluding carboxylic acids is 1. The van der Waals surface area contributed by atoms with Gasteiger partial charge in [-0.1, -0.05) is 6.42 Å². The van der Waals surface area contributed by atoms with Gasteiger partial charge in [-0.25, -0.2) is 0 Å². The summed E-state index contributed by atoms with van der Waals surface area (Å²) in [7, 11) is 0. The first-order valence-electron chi connectivity index (χ1n) is 5.65. The number of piperidine rings is 1. The Morgan fingerprint density at radius 1 is 1.33 bits per heavy atom. The molecule has 1 aromatic heterocycles. The minimum absolute atomic E-state index is 0.116. The number of hydrogen-bond donors (Lipinski definition) is 0. The third-order valence-corrected chi connectivity index (χ3v) is 2.90. The average Bonchev–Trinajstić information content (AvgIpc) is 2.81. The van der Waals surface area contributed by atoms with E-state index < -0.39 is 0 Å². The van der Waals surface area contributed by atoms with E-state index in [2.05, 4.69) is 4.90 Å².